The Bertz CT molecular complexity index is 1030. The number of amides is 1. The van der Waals surface area contributed by atoms with E-state index in [4.69, 9.17) is 16.3 Å². The SMILES string of the molecule is Cc1cccc(Cl)c1CC(=O)N[C@@H](COC[Si](C)C(C)(C)C)Cc1c(CCC(C)(C)C)cccc1C(C)C. The molecule has 0 aliphatic heterocycles. The highest BCUT2D eigenvalue weighted by atomic mass is 35.5. The average Bonchev–Trinajstić information content (AvgIpc) is 2.79. The molecule has 2 aromatic rings. The maximum Gasteiger partial charge on any atom is 0.224 e. The molecule has 3 nitrogen and oxygen atoms in total. The van der Waals surface area contributed by atoms with Crippen LogP contribution in [0.15, 0.2) is 36.4 Å². The Hall–Kier alpha value is -1.62. The number of aryl methyl sites for hydroxylation is 2. The molecule has 0 heterocycles. The van der Waals surface area contributed by atoms with E-state index in [-0.39, 0.29) is 28.8 Å². The van der Waals surface area contributed by atoms with E-state index in [2.05, 4.69) is 85.5 Å². The molecule has 2 rings (SSSR count). The summed E-state index contributed by atoms with van der Waals surface area (Å²) >= 11 is 6.45. The van der Waals surface area contributed by atoms with Crippen molar-refractivity contribution in [2.75, 3.05) is 12.8 Å². The van der Waals surface area contributed by atoms with Crippen molar-refractivity contribution >= 4 is 26.3 Å². The molecule has 0 unspecified atom stereocenters. The molecule has 1 N–H and O–H groups in total. The predicted molar refractivity (Wildman–Crippen MR) is 166 cm³/mol. The number of carbonyl (C=O) groups is 1. The van der Waals surface area contributed by atoms with Gasteiger partial charge in [-0.3, -0.25) is 4.79 Å². The first kappa shape index (κ1) is 32.6. The highest BCUT2D eigenvalue weighted by molar-refractivity contribution is 6.60. The van der Waals surface area contributed by atoms with Crippen LogP contribution in [0, 0.1) is 12.3 Å². The number of halogens is 1. The van der Waals surface area contributed by atoms with Gasteiger partial charge >= 0.3 is 0 Å². The van der Waals surface area contributed by atoms with Gasteiger partial charge in [-0.1, -0.05) is 104 Å². The molecule has 1 atom stereocenters. The van der Waals surface area contributed by atoms with Crippen LogP contribution in [0.1, 0.15) is 95.5 Å². The molecule has 1 amide bonds. The summed E-state index contributed by atoms with van der Waals surface area (Å²) in [5, 5.41) is 4.25. The average molecular weight is 557 g/mol. The van der Waals surface area contributed by atoms with Gasteiger partial charge in [0.15, 0.2) is 0 Å². The van der Waals surface area contributed by atoms with E-state index in [0.29, 0.717) is 17.5 Å². The first-order valence-electron chi connectivity index (χ1n) is 14.1. The van der Waals surface area contributed by atoms with Gasteiger partial charge in [0.1, 0.15) is 0 Å². The van der Waals surface area contributed by atoms with Gasteiger partial charge in [-0.15, -0.1) is 0 Å². The van der Waals surface area contributed by atoms with Crippen molar-refractivity contribution in [2.24, 2.45) is 5.41 Å². The van der Waals surface area contributed by atoms with Crippen molar-refractivity contribution in [3.8, 4) is 0 Å². The van der Waals surface area contributed by atoms with Crippen LogP contribution < -0.4 is 5.32 Å². The highest BCUT2D eigenvalue weighted by Crippen LogP contribution is 2.29. The largest absolute Gasteiger partial charge is 0.383 e. The number of rotatable bonds is 12. The summed E-state index contributed by atoms with van der Waals surface area (Å²) < 4.78 is 6.31. The van der Waals surface area contributed by atoms with Gasteiger partial charge in [0, 0.05) is 11.3 Å². The second kappa shape index (κ2) is 14.1. The molecule has 0 aliphatic rings. The van der Waals surface area contributed by atoms with E-state index in [1.54, 1.807) is 0 Å². The highest BCUT2D eigenvalue weighted by Gasteiger charge is 2.24. The van der Waals surface area contributed by atoms with Gasteiger partial charge in [0.05, 0.1) is 27.9 Å². The van der Waals surface area contributed by atoms with Crippen LogP contribution in [0.2, 0.25) is 16.6 Å². The molecule has 211 valence electrons. The van der Waals surface area contributed by atoms with E-state index in [1.165, 1.54) is 16.7 Å². The van der Waals surface area contributed by atoms with Gasteiger partial charge in [0.25, 0.3) is 0 Å². The molecule has 2 aromatic carbocycles. The standard InChI is InChI=1S/C33H51ClNO2Si/c1-23(2)27-15-12-14-25(17-18-32(4,5)6)29(27)19-26(21-37-22-38(10)33(7,8)9)35-31(36)20-28-24(3)13-11-16-30(28)34/h11-16,23,26H,17-22H2,1-10H3,(H,35,36)/t26-/m1/s1. The Morgan fingerprint density at radius 2 is 1.68 bits per heavy atom. The minimum Gasteiger partial charge on any atom is -0.383 e. The summed E-state index contributed by atoms with van der Waals surface area (Å²) in [7, 11) is -0.666. The summed E-state index contributed by atoms with van der Waals surface area (Å²) in [5.74, 6) is 0.403. The fourth-order valence-electron chi connectivity index (χ4n) is 4.49. The lowest BCUT2D eigenvalue weighted by atomic mass is 9.84. The van der Waals surface area contributed by atoms with Crippen LogP contribution in [0.25, 0.3) is 0 Å². The minimum atomic E-state index is -0.666. The number of carbonyl (C=O) groups excluding carboxylic acids is 1. The number of hydrogen-bond donors (Lipinski definition) is 1. The normalized spacial score (nSPS) is 13.3. The Labute approximate surface area is 239 Å². The van der Waals surface area contributed by atoms with E-state index in [1.807, 2.05) is 25.1 Å². The fourth-order valence-corrected chi connectivity index (χ4v) is 5.63. The Morgan fingerprint density at radius 3 is 2.26 bits per heavy atom. The molecular weight excluding hydrogens is 506 g/mol. The van der Waals surface area contributed by atoms with Crippen LogP contribution >= 0.6 is 11.6 Å². The summed E-state index contributed by atoms with van der Waals surface area (Å²) in [6.07, 6.45) is 3.96. The van der Waals surface area contributed by atoms with Gasteiger partial charge < -0.3 is 10.1 Å². The third kappa shape index (κ3) is 10.5. The fraction of sp³-hybridized carbons (Fsp3) is 0.606. The Morgan fingerprint density at radius 1 is 1.03 bits per heavy atom. The molecule has 0 bridgehead atoms. The van der Waals surface area contributed by atoms with Crippen LogP contribution in [0.4, 0.5) is 0 Å². The zero-order chi connectivity index (χ0) is 28.7. The van der Waals surface area contributed by atoms with E-state index in [0.717, 1.165) is 36.6 Å². The smallest absolute Gasteiger partial charge is 0.224 e. The maximum absolute atomic E-state index is 13.3. The Balaban J connectivity index is 2.31. The molecular formula is C33H51ClNO2Si. The lowest BCUT2D eigenvalue weighted by Gasteiger charge is -2.28. The zero-order valence-corrected chi connectivity index (χ0v) is 27.3. The lowest BCUT2D eigenvalue weighted by molar-refractivity contribution is -0.121. The van der Waals surface area contributed by atoms with Gasteiger partial charge in [-0.2, -0.15) is 0 Å². The topological polar surface area (TPSA) is 38.3 Å². The van der Waals surface area contributed by atoms with Crippen LogP contribution in [-0.4, -0.2) is 33.6 Å². The molecule has 0 fully saturated rings. The number of ether oxygens (including phenoxy) is 1. The molecule has 0 saturated heterocycles. The lowest BCUT2D eigenvalue weighted by Crippen LogP contribution is -2.42. The Kier molecular flexibility index (Phi) is 12.1. The molecule has 38 heavy (non-hydrogen) atoms. The number of nitrogens with one attached hydrogen (secondary N) is 1. The third-order valence-electron chi connectivity index (χ3n) is 7.50. The van der Waals surface area contributed by atoms with E-state index >= 15 is 0 Å². The van der Waals surface area contributed by atoms with Crippen molar-refractivity contribution in [3.63, 3.8) is 0 Å². The van der Waals surface area contributed by atoms with E-state index in [9.17, 15) is 4.79 Å². The molecule has 1 radical (unpaired) electrons. The molecule has 0 spiro atoms. The van der Waals surface area contributed by atoms with Gasteiger partial charge in [-0.05, 0) is 76.4 Å². The first-order chi connectivity index (χ1) is 17.6. The van der Waals surface area contributed by atoms with Gasteiger partial charge in [0.2, 0.25) is 5.91 Å². The van der Waals surface area contributed by atoms with Crippen molar-refractivity contribution in [1.29, 1.82) is 0 Å². The predicted octanol–water partition coefficient (Wildman–Crippen LogP) is 8.50. The van der Waals surface area contributed by atoms with Crippen molar-refractivity contribution in [1.82, 2.24) is 5.32 Å². The van der Waals surface area contributed by atoms with Crippen LogP contribution in [0.3, 0.4) is 0 Å². The monoisotopic (exact) mass is 556 g/mol. The van der Waals surface area contributed by atoms with Crippen molar-refractivity contribution in [3.05, 3.63) is 69.2 Å². The maximum atomic E-state index is 13.3. The molecule has 5 heteroatoms. The molecule has 0 aromatic heterocycles. The summed E-state index contributed by atoms with van der Waals surface area (Å²) in [6, 6.07) is 12.4. The first-order valence-corrected chi connectivity index (χ1v) is 16.7. The van der Waals surface area contributed by atoms with Crippen LogP contribution in [-0.2, 0) is 28.8 Å². The van der Waals surface area contributed by atoms with E-state index < -0.39 is 8.80 Å². The summed E-state index contributed by atoms with van der Waals surface area (Å²) in [6.45, 7) is 23.1. The quantitative estimate of drug-likeness (QED) is 0.266. The number of hydrogen-bond acceptors (Lipinski definition) is 2. The number of benzene rings is 2. The third-order valence-corrected chi connectivity index (χ3v) is 11.1. The van der Waals surface area contributed by atoms with Crippen molar-refractivity contribution in [2.45, 2.75) is 112 Å². The molecule has 0 saturated carbocycles. The van der Waals surface area contributed by atoms with Gasteiger partial charge in [-0.25, -0.2) is 0 Å². The molecule has 0 aliphatic carbocycles. The summed E-state index contributed by atoms with van der Waals surface area (Å²) in [4.78, 5) is 13.3. The van der Waals surface area contributed by atoms with Crippen molar-refractivity contribution < 1.29 is 9.53 Å². The summed E-state index contributed by atoms with van der Waals surface area (Å²) in [5.41, 5.74) is 6.33. The minimum absolute atomic E-state index is 0.00841. The second-order valence-electron chi connectivity index (χ2n) is 13.4. The second-order valence-corrected chi connectivity index (χ2v) is 17.2. The zero-order valence-electron chi connectivity index (χ0n) is 25.6. The van der Waals surface area contributed by atoms with Crippen LogP contribution in [0.5, 0.6) is 0 Å².